The van der Waals surface area contributed by atoms with Gasteiger partial charge < -0.3 is 15.4 Å². The van der Waals surface area contributed by atoms with E-state index in [1.807, 2.05) is 13.8 Å². The molecule has 0 aliphatic carbocycles. The van der Waals surface area contributed by atoms with Crippen molar-refractivity contribution in [3.05, 3.63) is 29.8 Å². The Kier molecular flexibility index (Phi) is 6.05. The van der Waals surface area contributed by atoms with Crippen LogP contribution < -0.4 is 15.4 Å². The summed E-state index contributed by atoms with van der Waals surface area (Å²) in [7, 11) is 0. The number of carbonyl (C=O) groups is 1. The lowest BCUT2D eigenvalue weighted by molar-refractivity contribution is -0.0498. The standard InChI is InChI=1S/C13H18F2N2O2/c1-9(2)17-13(18)16-8-7-10-3-5-11(6-4-10)19-12(14)15/h3-6,9,12H,7-8H2,1-2H3,(H2,16,17,18). The first-order chi connectivity index (χ1) is 8.97. The largest absolute Gasteiger partial charge is 0.435 e. The minimum Gasteiger partial charge on any atom is -0.435 e. The first-order valence-corrected chi connectivity index (χ1v) is 6.05. The molecule has 19 heavy (non-hydrogen) atoms. The predicted octanol–water partition coefficient (Wildman–Crippen LogP) is 2.54. The van der Waals surface area contributed by atoms with E-state index in [1.54, 1.807) is 12.1 Å². The molecule has 0 atom stereocenters. The van der Waals surface area contributed by atoms with E-state index in [9.17, 15) is 13.6 Å². The minimum absolute atomic E-state index is 0.0887. The van der Waals surface area contributed by atoms with Gasteiger partial charge in [0, 0.05) is 12.6 Å². The molecule has 0 bridgehead atoms. The van der Waals surface area contributed by atoms with Gasteiger partial charge in [-0.05, 0) is 38.0 Å². The lowest BCUT2D eigenvalue weighted by atomic mass is 10.1. The summed E-state index contributed by atoms with van der Waals surface area (Å²) in [4.78, 5) is 11.3. The third kappa shape index (κ3) is 6.59. The Labute approximate surface area is 111 Å². The molecule has 1 aromatic carbocycles. The molecule has 6 heteroatoms. The molecular weight excluding hydrogens is 254 g/mol. The Morgan fingerprint density at radius 1 is 1.26 bits per heavy atom. The van der Waals surface area contributed by atoms with Crippen molar-refractivity contribution in [2.24, 2.45) is 0 Å². The van der Waals surface area contributed by atoms with Crippen molar-refractivity contribution >= 4 is 6.03 Å². The lowest BCUT2D eigenvalue weighted by Crippen LogP contribution is -2.40. The molecule has 0 unspecified atom stereocenters. The Hall–Kier alpha value is -1.85. The first kappa shape index (κ1) is 15.2. The summed E-state index contributed by atoms with van der Waals surface area (Å²) < 4.78 is 28.1. The molecule has 0 aromatic heterocycles. The number of hydrogen-bond donors (Lipinski definition) is 2. The average molecular weight is 272 g/mol. The monoisotopic (exact) mass is 272 g/mol. The fraction of sp³-hybridized carbons (Fsp3) is 0.462. The number of halogens is 2. The van der Waals surface area contributed by atoms with Gasteiger partial charge in [-0.3, -0.25) is 0 Å². The van der Waals surface area contributed by atoms with Crippen LogP contribution in [-0.4, -0.2) is 25.2 Å². The van der Waals surface area contributed by atoms with E-state index in [1.165, 1.54) is 12.1 Å². The van der Waals surface area contributed by atoms with E-state index >= 15 is 0 Å². The van der Waals surface area contributed by atoms with Crippen LogP contribution in [0.15, 0.2) is 24.3 Å². The van der Waals surface area contributed by atoms with Crippen LogP contribution in [-0.2, 0) is 6.42 Å². The minimum atomic E-state index is -2.81. The average Bonchev–Trinajstić information content (AvgIpc) is 2.29. The number of amides is 2. The van der Waals surface area contributed by atoms with Gasteiger partial charge in [-0.2, -0.15) is 8.78 Å². The number of alkyl halides is 2. The number of urea groups is 1. The number of benzene rings is 1. The van der Waals surface area contributed by atoms with Crippen molar-refractivity contribution < 1.29 is 18.3 Å². The van der Waals surface area contributed by atoms with Crippen LogP contribution >= 0.6 is 0 Å². The Morgan fingerprint density at radius 3 is 2.42 bits per heavy atom. The first-order valence-electron chi connectivity index (χ1n) is 6.05. The highest BCUT2D eigenvalue weighted by Crippen LogP contribution is 2.14. The molecule has 0 saturated carbocycles. The molecule has 1 aromatic rings. The van der Waals surface area contributed by atoms with Crippen LogP contribution in [0.5, 0.6) is 5.75 Å². The van der Waals surface area contributed by atoms with Gasteiger partial charge in [0.25, 0.3) is 0 Å². The van der Waals surface area contributed by atoms with E-state index in [0.29, 0.717) is 13.0 Å². The van der Waals surface area contributed by atoms with Crippen molar-refractivity contribution in [2.75, 3.05) is 6.54 Å². The normalized spacial score (nSPS) is 10.6. The Morgan fingerprint density at radius 2 is 1.89 bits per heavy atom. The van der Waals surface area contributed by atoms with Crippen molar-refractivity contribution in [1.29, 1.82) is 0 Å². The van der Waals surface area contributed by atoms with Gasteiger partial charge in [-0.1, -0.05) is 12.1 Å². The van der Waals surface area contributed by atoms with Crippen LogP contribution in [0.25, 0.3) is 0 Å². The van der Waals surface area contributed by atoms with Gasteiger partial charge in [-0.15, -0.1) is 0 Å². The molecule has 0 heterocycles. The maximum absolute atomic E-state index is 11.9. The molecule has 4 nitrogen and oxygen atoms in total. The predicted molar refractivity (Wildman–Crippen MR) is 68.4 cm³/mol. The number of ether oxygens (including phenoxy) is 1. The second-order valence-corrected chi connectivity index (χ2v) is 4.33. The van der Waals surface area contributed by atoms with Crippen molar-refractivity contribution in [1.82, 2.24) is 10.6 Å². The van der Waals surface area contributed by atoms with Crippen LogP contribution in [0.2, 0.25) is 0 Å². The highest BCUT2D eigenvalue weighted by atomic mass is 19.3. The van der Waals surface area contributed by atoms with Gasteiger partial charge in [0.1, 0.15) is 5.75 Å². The molecule has 0 aliphatic rings. The fourth-order valence-electron chi connectivity index (χ4n) is 1.47. The SMILES string of the molecule is CC(C)NC(=O)NCCc1ccc(OC(F)F)cc1. The molecule has 0 radical (unpaired) electrons. The number of nitrogens with one attached hydrogen (secondary N) is 2. The van der Waals surface area contributed by atoms with Crippen molar-refractivity contribution in [3.63, 3.8) is 0 Å². The summed E-state index contributed by atoms with van der Waals surface area (Å²) in [6.07, 6.45) is 0.625. The fourth-order valence-corrected chi connectivity index (χ4v) is 1.47. The molecule has 0 spiro atoms. The highest BCUT2D eigenvalue weighted by molar-refractivity contribution is 5.74. The molecule has 0 fully saturated rings. The summed E-state index contributed by atoms with van der Waals surface area (Å²) in [6, 6.07) is 6.23. The molecular formula is C13H18F2N2O2. The number of rotatable bonds is 6. The second kappa shape index (κ2) is 7.56. The summed E-state index contributed by atoms with van der Waals surface area (Å²) in [5.74, 6) is 0.129. The van der Waals surface area contributed by atoms with Gasteiger partial charge in [0.2, 0.25) is 0 Å². The number of carbonyl (C=O) groups excluding carboxylic acids is 1. The summed E-state index contributed by atoms with van der Waals surface area (Å²) in [6.45, 7) is 1.42. The van der Waals surface area contributed by atoms with Gasteiger partial charge in [-0.25, -0.2) is 4.79 Å². The zero-order valence-corrected chi connectivity index (χ0v) is 11.0. The van der Waals surface area contributed by atoms with Crippen molar-refractivity contribution in [3.8, 4) is 5.75 Å². The quantitative estimate of drug-likeness (QED) is 0.836. The van der Waals surface area contributed by atoms with Crippen molar-refractivity contribution in [2.45, 2.75) is 32.9 Å². The Bertz CT molecular complexity index is 394. The third-order valence-electron chi connectivity index (χ3n) is 2.27. The summed E-state index contributed by atoms with van der Waals surface area (Å²) >= 11 is 0. The third-order valence-corrected chi connectivity index (χ3v) is 2.27. The topological polar surface area (TPSA) is 50.4 Å². The molecule has 106 valence electrons. The molecule has 1 rings (SSSR count). The summed E-state index contributed by atoms with van der Waals surface area (Å²) in [5.41, 5.74) is 0.937. The number of hydrogen-bond acceptors (Lipinski definition) is 2. The van der Waals surface area contributed by atoms with E-state index in [-0.39, 0.29) is 17.8 Å². The Balaban J connectivity index is 2.32. The zero-order chi connectivity index (χ0) is 14.3. The van der Waals surface area contributed by atoms with Gasteiger partial charge in [0.05, 0.1) is 0 Å². The van der Waals surface area contributed by atoms with E-state index in [4.69, 9.17) is 0 Å². The van der Waals surface area contributed by atoms with E-state index < -0.39 is 6.61 Å². The second-order valence-electron chi connectivity index (χ2n) is 4.33. The molecule has 0 saturated heterocycles. The lowest BCUT2D eigenvalue weighted by Gasteiger charge is -2.10. The van der Waals surface area contributed by atoms with Crippen LogP contribution in [0.3, 0.4) is 0 Å². The zero-order valence-electron chi connectivity index (χ0n) is 11.0. The molecule has 2 N–H and O–H groups in total. The summed E-state index contributed by atoms with van der Waals surface area (Å²) in [5, 5.41) is 5.41. The van der Waals surface area contributed by atoms with E-state index in [0.717, 1.165) is 5.56 Å². The van der Waals surface area contributed by atoms with E-state index in [2.05, 4.69) is 15.4 Å². The van der Waals surface area contributed by atoms with Crippen LogP contribution in [0.1, 0.15) is 19.4 Å². The van der Waals surface area contributed by atoms with Gasteiger partial charge >= 0.3 is 12.6 Å². The maximum Gasteiger partial charge on any atom is 0.387 e. The smallest absolute Gasteiger partial charge is 0.387 e. The van der Waals surface area contributed by atoms with Crippen LogP contribution in [0, 0.1) is 0 Å². The maximum atomic E-state index is 11.9. The van der Waals surface area contributed by atoms with Gasteiger partial charge in [0.15, 0.2) is 0 Å². The highest BCUT2D eigenvalue weighted by Gasteiger charge is 2.04. The van der Waals surface area contributed by atoms with Crippen LogP contribution in [0.4, 0.5) is 13.6 Å². The molecule has 2 amide bonds. The molecule has 0 aliphatic heterocycles.